The number of rotatable bonds is 6. The highest BCUT2D eigenvalue weighted by molar-refractivity contribution is 5.94. The lowest BCUT2D eigenvalue weighted by atomic mass is 10.1. The molecule has 2 rings (SSSR count). The Morgan fingerprint density at radius 2 is 1.79 bits per heavy atom. The molecule has 1 amide bonds. The maximum Gasteiger partial charge on any atom is 0.251 e. The summed E-state index contributed by atoms with van der Waals surface area (Å²) >= 11 is 0. The van der Waals surface area contributed by atoms with Crippen LogP contribution in [0.2, 0.25) is 0 Å². The Morgan fingerprint density at radius 3 is 2.29 bits per heavy atom. The first-order valence-corrected chi connectivity index (χ1v) is 8.44. The molecule has 4 nitrogen and oxygen atoms in total. The Morgan fingerprint density at radius 1 is 1.21 bits per heavy atom. The highest BCUT2D eigenvalue weighted by Crippen LogP contribution is 2.11. The average Bonchev–Trinajstić information content (AvgIpc) is 2.53. The van der Waals surface area contributed by atoms with Crippen LogP contribution in [0.3, 0.4) is 0 Å². The van der Waals surface area contributed by atoms with Crippen molar-refractivity contribution in [2.45, 2.75) is 52.2 Å². The Balaban J connectivity index is 0.00000264. The van der Waals surface area contributed by atoms with E-state index in [-0.39, 0.29) is 30.7 Å². The summed E-state index contributed by atoms with van der Waals surface area (Å²) in [5.41, 5.74) is 2.02. The number of nitrogens with zero attached hydrogens (tertiary/aromatic N) is 1. The van der Waals surface area contributed by atoms with E-state index in [1.165, 1.54) is 5.56 Å². The molecule has 0 unspecified atom stereocenters. The van der Waals surface area contributed by atoms with Gasteiger partial charge in [-0.1, -0.05) is 19.1 Å². The lowest BCUT2D eigenvalue weighted by Gasteiger charge is -2.25. The van der Waals surface area contributed by atoms with Crippen LogP contribution in [-0.2, 0) is 6.54 Å². The van der Waals surface area contributed by atoms with Crippen molar-refractivity contribution in [1.29, 1.82) is 0 Å². The van der Waals surface area contributed by atoms with E-state index in [4.69, 9.17) is 0 Å². The number of benzene rings is 1. The van der Waals surface area contributed by atoms with E-state index >= 15 is 0 Å². The Bertz CT molecular complexity index is 474. The van der Waals surface area contributed by atoms with E-state index in [1.807, 2.05) is 12.1 Å². The van der Waals surface area contributed by atoms with Gasteiger partial charge in [0.15, 0.2) is 0 Å². The van der Waals surface area contributed by atoms with Gasteiger partial charge in [0.25, 0.3) is 5.91 Å². The monoisotopic (exact) mass is 375 g/mol. The van der Waals surface area contributed by atoms with Gasteiger partial charge in [-0.05, 0) is 64.0 Å². The number of piperidine rings is 1. The molecule has 2 N–H and O–H groups in total. The smallest absolute Gasteiger partial charge is 0.251 e. The minimum Gasteiger partial charge on any atom is -0.349 e. The van der Waals surface area contributed by atoms with Gasteiger partial charge < -0.3 is 10.6 Å². The number of amides is 1. The minimum absolute atomic E-state index is 0. The molecule has 1 aliphatic heterocycles. The fraction of sp³-hybridized carbons (Fsp3) is 0.611. The predicted octanol–water partition coefficient (Wildman–Crippen LogP) is 3.24. The van der Waals surface area contributed by atoms with Crippen molar-refractivity contribution < 1.29 is 4.79 Å². The van der Waals surface area contributed by atoms with Gasteiger partial charge >= 0.3 is 0 Å². The summed E-state index contributed by atoms with van der Waals surface area (Å²) in [6.45, 7) is 10.6. The summed E-state index contributed by atoms with van der Waals surface area (Å²) < 4.78 is 0. The first kappa shape index (κ1) is 23.2. The van der Waals surface area contributed by atoms with Gasteiger partial charge in [0.2, 0.25) is 0 Å². The van der Waals surface area contributed by atoms with E-state index in [2.05, 4.69) is 48.4 Å². The van der Waals surface area contributed by atoms with E-state index in [1.54, 1.807) is 0 Å². The van der Waals surface area contributed by atoms with Crippen molar-refractivity contribution in [3.8, 4) is 0 Å². The Labute approximate surface area is 158 Å². The molecule has 0 aromatic heterocycles. The lowest BCUT2D eigenvalue weighted by molar-refractivity contribution is 0.0929. The highest BCUT2D eigenvalue weighted by atomic mass is 35.5. The number of hydrogen-bond acceptors (Lipinski definition) is 3. The minimum atomic E-state index is 0. The van der Waals surface area contributed by atoms with Crippen LogP contribution in [-0.4, -0.2) is 42.5 Å². The van der Waals surface area contributed by atoms with Gasteiger partial charge in [-0.25, -0.2) is 0 Å². The second-order valence-electron chi connectivity index (χ2n) is 6.35. The second kappa shape index (κ2) is 11.7. The van der Waals surface area contributed by atoms with Gasteiger partial charge in [0.05, 0.1) is 0 Å². The molecule has 0 saturated carbocycles. The third-order valence-corrected chi connectivity index (χ3v) is 4.41. The molecule has 0 bridgehead atoms. The fourth-order valence-corrected chi connectivity index (χ4v) is 2.89. The van der Waals surface area contributed by atoms with Crippen LogP contribution < -0.4 is 10.6 Å². The fourth-order valence-electron chi connectivity index (χ4n) is 2.89. The molecular weight excluding hydrogens is 345 g/mol. The standard InChI is InChI=1S/C18H29N3O.2ClH/c1-4-21(14(2)3)13-15-5-7-16(8-6-15)18(22)20-17-9-11-19-12-10-17;;/h5-8,14,17,19H,4,9-13H2,1-3H3,(H,20,22);2*1H. The molecular formula is C18H31Cl2N3O. The van der Waals surface area contributed by atoms with Gasteiger partial charge in [0, 0.05) is 24.2 Å². The van der Waals surface area contributed by atoms with Crippen LogP contribution in [0.15, 0.2) is 24.3 Å². The van der Waals surface area contributed by atoms with Gasteiger partial charge in [0.1, 0.15) is 0 Å². The number of hydrogen-bond donors (Lipinski definition) is 2. The van der Waals surface area contributed by atoms with Crippen LogP contribution >= 0.6 is 24.8 Å². The molecule has 24 heavy (non-hydrogen) atoms. The van der Waals surface area contributed by atoms with Crippen molar-refractivity contribution in [2.75, 3.05) is 19.6 Å². The molecule has 1 fully saturated rings. The number of carbonyl (C=O) groups is 1. The van der Waals surface area contributed by atoms with Gasteiger partial charge in [-0.3, -0.25) is 9.69 Å². The summed E-state index contributed by atoms with van der Waals surface area (Å²) in [6, 6.07) is 8.88. The van der Waals surface area contributed by atoms with E-state index < -0.39 is 0 Å². The maximum atomic E-state index is 12.3. The summed E-state index contributed by atoms with van der Waals surface area (Å²) in [4.78, 5) is 14.7. The largest absolute Gasteiger partial charge is 0.349 e. The summed E-state index contributed by atoms with van der Waals surface area (Å²) in [5.74, 6) is 0.0506. The molecule has 1 aromatic carbocycles. The SMILES string of the molecule is CCN(Cc1ccc(C(=O)NC2CCNCC2)cc1)C(C)C.Cl.Cl. The molecule has 6 heteroatoms. The summed E-state index contributed by atoms with van der Waals surface area (Å²) in [7, 11) is 0. The third kappa shape index (κ3) is 6.98. The summed E-state index contributed by atoms with van der Waals surface area (Å²) in [5, 5.41) is 6.45. The molecule has 138 valence electrons. The highest BCUT2D eigenvalue weighted by Gasteiger charge is 2.16. The Hall–Kier alpha value is -0.810. The third-order valence-electron chi connectivity index (χ3n) is 4.41. The normalized spacial score (nSPS) is 14.9. The molecule has 0 aliphatic carbocycles. The molecule has 1 saturated heterocycles. The van der Waals surface area contributed by atoms with Crippen LogP contribution in [0.5, 0.6) is 0 Å². The average molecular weight is 376 g/mol. The molecule has 0 radical (unpaired) electrons. The molecule has 1 heterocycles. The maximum absolute atomic E-state index is 12.3. The van der Waals surface area contributed by atoms with E-state index in [0.29, 0.717) is 12.1 Å². The zero-order valence-corrected chi connectivity index (χ0v) is 16.5. The van der Waals surface area contributed by atoms with Crippen LogP contribution in [0.25, 0.3) is 0 Å². The predicted molar refractivity (Wildman–Crippen MR) is 106 cm³/mol. The first-order chi connectivity index (χ1) is 10.6. The van der Waals surface area contributed by atoms with Crippen molar-refractivity contribution >= 4 is 30.7 Å². The van der Waals surface area contributed by atoms with Crippen molar-refractivity contribution in [2.24, 2.45) is 0 Å². The van der Waals surface area contributed by atoms with Gasteiger partial charge in [-0.15, -0.1) is 24.8 Å². The second-order valence-corrected chi connectivity index (χ2v) is 6.35. The van der Waals surface area contributed by atoms with Crippen LogP contribution in [0.4, 0.5) is 0 Å². The zero-order valence-electron chi connectivity index (χ0n) is 14.9. The summed E-state index contributed by atoms with van der Waals surface area (Å²) in [6.07, 6.45) is 2.04. The molecule has 0 atom stereocenters. The van der Waals surface area contributed by atoms with Crippen molar-refractivity contribution in [3.63, 3.8) is 0 Å². The van der Waals surface area contributed by atoms with Crippen molar-refractivity contribution in [1.82, 2.24) is 15.5 Å². The quantitative estimate of drug-likeness (QED) is 0.801. The van der Waals surface area contributed by atoms with Crippen molar-refractivity contribution in [3.05, 3.63) is 35.4 Å². The van der Waals surface area contributed by atoms with E-state index in [0.717, 1.165) is 44.6 Å². The molecule has 1 aromatic rings. The van der Waals surface area contributed by atoms with E-state index in [9.17, 15) is 4.79 Å². The number of nitrogens with one attached hydrogen (secondary N) is 2. The number of carbonyl (C=O) groups excluding carboxylic acids is 1. The molecule has 0 spiro atoms. The van der Waals surface area contributed by atoms with Gasteiger partial charge in [-0.2, -0.15) is 0 Å². The lowest BCUT2D eigenvalue weighted by Crippen LogP contribution is -2.42. The molecule has 1 aliphatic rings. The van der Waals surface area contributed by atoms with Crippen LogP contribution in [0, 0.1) is 0 Å². The first-order valence-electron chi connectivity index (χ1n) is 8.44. The number of halogens is 2. The zero-order chi connectivity index (χ0) is 15.9. The Kier molecular flexibility index (Phi) is 11.3. The van der Waals surface area contributed by atoms with Crippen LogP contribution in [0.1, 0.15) is 49.5 Å². The topological polar surface area (TPSA) is 44.4 Å².